The molecule has 0 unspecified atom stereocenters. The molecular weight excluding hydrogens is 333 g/mol. The van der Waals surface area contributed by atoms with E-state index in [1.807, 2.05) is 24.9 Å². The van der Waals surface area contributed by atoms with Crippen LogP contribution in [-0.2, 0) is 0 Å². The maximum absolute atomic E-state index is 13.9. The quantitative estimate of drug-likeness (QED) is 0.757. The smallest absolute Gasteiger partial charge is 0.270 e. The third-order valence-electron chi connectivity index (χ3n) is 4.80. The number of carbonyl (C=O) groups excluding carboxylic acids is 1. The standard InChI is InChI=1S/C19H20FN5O/c1-11-22-14(10-17(21-2)23-11)16-7-4-8-25(16)19(26)15-9-12-5-3-6-13(20)18(12)24-15/h3,5-6,9-10,16,24H,4,7-8H2,1-2H3,(H,21,22,23)/t16-/m1/s1. The molecule has 0 spiro atoms. The van der Waals surface area contributed by atoms with Crippen molar-refractivity contribution in [2.75, 3.05) is 18.9 Å². The van der Waals surface area contributed by atoms with Gasteiger partial charge in [-0.05, 0) is 31.9 Å². The normalized spacial score (nSPS) is 17.0. The largest absolute Gasteiger partial charge is 0.373 e. The first-order valence-electron chi connectivity index (χ1n) is 8.68. The molecule has 1 saturated heterocycles. The van der Waals surface area contributed by atoms with Crippen molar-refractivity contribution >= 4 is 22.6 Å². The molecule has 1 fully saturated rings. The number of hydrogen-bond acceptors (Lipinski definition) is 4. The van der Waals surface area contributed by atoms with Crippen LogP contribution in [0.1, 0.15) is 40.9 Å². The number of likely N-dealkylation sites (tertiary alicyclic amines) is 1. The molecule has 134 valence electrons. The van der Waals surface area contributed by atoms with Gasteiger partial charge in [-0.25, -0.2) is 14.4 Å². The number of anilines is 1. The van der Waals surface area contributed by atoms with Crippen molar-refractivity contribution in [3.05, 3.63) is 53.4 Å². The van der Waals surface area contributed by atoms with Crippen LogP contribution in [0.25, 0.3) is 10.9 Å². The van der Waals surface area contributed by atoms with Gasteiger partial charge in [0.2, 0.25) is 0 Å². The molecule has 6 nitrogen and oxygen atoms in total. The number of halogens is 1. The summed E-state index contributed by atoms with van der Waals surface area (Å²) >= 11 is 0. The third-order valence-corrected chi connectivity index (χ3v) is 4.80. The number of aryl methyl sites for hydroxylation is 1. The van der Waals surface area contributed by atoms with E-state index in [0.717, 1.165) is 24.4 Å². The second-order valence-corrected chi connectivity index (χ2v) is 6.52. The number of amides is 1. The first kappa shape index (κ1) is 16.5. The van der Waals surface area contributed by atoms with Crippen molar-refractivity contribution in [2.45, 2.75) is 25.8 Å². The van der Waals surface area contributed by atoms with E-state index >= 15 is 0 Å². The number of hydrogen-bond donors (Lipinski definition) is 2. The van der Waals surface area contributed by atoms with Gasteiger partial charge in [-0.1, -0.05) is 12.1 Å². The summed E-state index contributed by atoms with van der Waals surface area (Å²) in [5.74, 6) is 0.910. The predicted octanol–water partition coefficient (Wildman–Crippen LogP) is 3.42. The van der Waals surface area contributed by atoms with Gasteiger partial charge in [0.25, 0.3) is 5.91 Å². The van der Waals surface area contributed by atoms with Crippen LogP contribution < -0.4 is 5.32 Å². The average molecular weight is 353 g/mol. The minimum absolute atomic E-state index is 0.104. The van der Waals surface area contributed by atoms with Crippen LogP contribution in [-0.4, -0.2) is 39.4 Å². The Morgan fingerprint density at radius 1 is 1.35 bits per heavy atom. The average Bonchev–Trinajstić information content (AvgIpc) is 3.28. The molecule has 7 heteroatoms. The van der Waals surface area contributed by atoms with Crippen molar-refractivity contribution in [3.8, 4) is 0 Å². The number of nitrogens with zero attached hydrogens (tertiary/aromatic N) is 3. The minimum atomic E-state index is -0.357. The van der Waals surface area contributed by atoms with E-state index in [0.29, 0.717) is 29.0 Å². The minimum Gasteiger partial charge on any atom is -0.373 e. The second-order valence-electron chi connectivity index (χ2n) is 6.52. The predicted molar refractivity (Wildman–Crippen MR) is 97.6 cm³/mol. The molecule has 1 aliphatic rings. The summed E-state index contributed by atoms with van der Waals surface area (Å²) in [6.07, 6.45) is 1.75. The van der Waals surface area contributed by atoms with Crippen LogP contribution in [0.15, 0.2) is 30.3 Å². The lowest BCUT2D eigenvalue weighted by molar-refractivity contribution is 0.0727. The fourth-order valence-electron chi connectivity index (χ4n) is 3.60. The van der Waals surface area contributed by atoms with Gasteiger partial charge in [0.1, 0.15) is 23.2 Å². The SMILES string of the molecule is CNc1cc([C@H]2CCCN2C(=O)c2cc3cccc(F)c3[nH]2)nc(C)n1. The molecule has 4 rings (SSSR count). The molecule has 0 bridgehead atoms. The number of benzene rings is 1. The van der Waals surface area contributed by atoms with Gasteiger partial charge >= 0.3 is 0 Å². The summed E-state index contributed by atoms with van der Waals surface area (Å²) in [6, 6.07) is 8.30. The Hall–Kier alpha value is -2.96. The first-order chi connectivity index (χ1) is 12.6. The number of para-hydroxylation sites is 1. The van der Waals surface area contributed by atoms with Crippen molar-refractivity contribution in [3.63, 3.8) is 0 Å². The van der Waals surface area contributed by atoms with E-state index in [1.165, 1.54) is 6.07 Å². The zero-order chi connectivity index (χ0) is 18.3. The summed E-state index contributed by atoms with van der Waals surface area (Å²) in [7, 11) is 1.81. The Labute approximate surface area is 150 Å². The number of rotatable bonds is 3. The Morgan fingerprint density at radius 3 is 2.96 bits per heavy atom. The van der Waals surface area contributed by atoms with Gasteiger partial charge in [0.05, 0.1) is 17.3 Å². The summed E-state index contributed by atoms with van der Waals surface area (Å²) in [5, 5.41) is 3.72. The molecule has 2 N–H and O–H groups in total. The Balaban J connectivity index is 1.68. The van der Waals surface area contributed by atoms with Crippen molar-refractivity contribution in [2.24, 2.45) is 0 Å². The second kappa shape index (κ2) is 6.40. The molecule has 3 heterocycles. The molecule has 1 amide bonds. The van der Waals surface area contributed by atoms with Crippen LogP contribution in [0.3, 0.4) is 0 Å². The summed E-state index contributed by atoms with van der Waals surface area (Å²) in [5.41, 5.74) is 1.59. The van der Waals surface area contributed by atoms with E-state index in [2.05, 4.69) is 20.3 Å². The van der Waals surface area contributed by atoms with Crippen LogP contribution in [0.5, 0.6) is 0 Å². The van der Waals surface area contributed by atoms with Gasteiger partial charge in [-0.2, -0.15) is 0 Å². The van der Waals surface area contributed by atoms with Gasteiger partial charge < -0.3 is 15.2 Å². The highest BCUT2D eigenvalue weighted by molar-refractivity contribution is 5.98. The zero-order valence-corrected chi connectivity index (χ0v) is 14.7. The molecule has 1 aliphatic heterocycles. The molecule has 1 atom stereocenters. The number of nitrogens with one attached hydrogen (secondary N) is 2. The molecule has 1 aromatic carbocycles. The highest BCUT2D eigenvalue weighted by Gasteiger charge is 2.32. The van der Waals surface area contributed by atoms with Crippen LogP contribution in [0.4, 0.5) is 10.2 Å². The van der Waals surface area contributed by atoms with E-state index in [-0.39, 0.29) is 17.8 Å². The van der Waals surface area contributed by atoms with E-state index in [4.69, 9.17) is 0 Å². The number of aromatic amines is 1. The molecule has 0 aliphatic carbocycles. The number of fused-ring (bicyclic) bond motifs is 1. The van der Waals surface area contributed by atoms with Gasteiger partial charge in [0.15, 0.2) is 0 Å². The lowest BCUT2D eigenvalue weighted by Gasteiger charge is -2.24. The van der Waals surface area contributed by atoms with Crippen LogP contribution >= 0.6 is 0 Å². The van der Waals surface area contributed by atoms with Crippen molar-refractivity contribution < 1.29 is 9.18 Å². The van der Waals surface area contributed by atoms with E-state index < -0.39 is 0 Å². The van der Waals surface area contributed by atoms with Gasteiger partial charge in [-0.15, -0.1) is 0 Å². The molecule has 2 aromatic heterocycles. The van der Waals surface area contributed by atoms with Gasteiger partial charge in [0, 0.05) is 25.0 Å². The highest BCUT2D eigenvalue weighted by Crippen LogP contribution is 2.33. The fraction of sp³-hybridized carbons (Fsp3) is 0.316. The lowest BCUT2D eigenvalue weighted by Crippen LogP contribution is -2.31. The number of H-pyrrole nitrogens is 1. The maximum atomic E-state index is 13.9. The molecule has 3 aromatic rings. The lowest BCUT2D eigenvalue weighted by atomic mass is 10.1. The van der Waals surface area contributed by atoms with Crippen molar-refractivity contribution in [1.29, 1.82) is 0 Å². The van der Waals surface area contributed by atoms with Crippen molar-refractivity contribution in [1.82, 2.24) is 19.9 Å². The monoisotopic (exact) mass is 353 g/mol. The Bertz CT molecular complexity index is 983. The van der Waals surface area contributed by atoms with E-state index in [1.54, 1.807) is 18.2 Å². The first-order valence-corrected chi connectivity index (χ1v) is 8.68. The van der Waals surface area contributed by atoms with Gasteiger partial charge in [-0.3, -0.25) is 4.79 Å². The topological polar surface area (TPSA) is 73.9 Å². The number of aromatic nitrogens is 3. The van der Waals surface area contributed by atoms with Crippen LogP contribution in [0, 0.1) is 12.7 Å². The molecule has 0 radical (unpaired) electrons. The zero-order valence-electron chi connectivity index (χ0n) is 14.7. The molecule has 0 saturated carbocycles. The summed E-state index contributed by atoms with van der Waals surface area (Å²) in [4.78, 5) is 26.7. The Morgan fingerprint density at radius 2 is 2.19 bits per heavy atom. The number of carbonyl (C=O) groups is 1. The molecule has 26 heavy (non-hydrogen) atoms. The molecular formula is C19H20FN5O. The van der Waals surface area contributed by atoms with Crippen LogP contribution in [0.2, 0.25) is 0 Å². The highest BCUT2D eigenvalue weighted by atomic mass is 19.1. The Kier molecular flexibility index (Phi) is 4.06. The fourth-order valence-corrected chi connectivity index (χ4v) is 3.60. The third kappa shape index (κ3) is 2.79. The summed E-state index contributed by atoms with van der Waals surface area (Å²) in [6.45, 7) is 2.49. The summed E-state index contributed by atoms with van der Waals surface area (Å²) < 4.78 is 13.9. The van der Waals surface area contributed by atoms with E-state index in [9.17, 15) is 9.18 Å². The maximum Gasteiger partial charge on any atom is 0.270 e.